The minimum Gasteiger partial charge on any atom is -0.314 e. The predicted molar refractivity (Wildman–Crippen MR) is 65.3 cm³/mol. The highest BCUT2D eigenvalue weighted by Crippen LogP contribution is 2.05. The number of sulfonamides is 1. The van der Waals surface area contributed by atoms with Crippen molar-refractivity contribution < 1.29 is 8.42 Å². The van der Waals surface area contributed by atoms with E-state index in [0.717, 1.165) is 26.2 Å². The largest absolute Gasteiger partial charge is 0.314 e. The van der Waals surface area contributed by atoms with Crippen LogP contribution in [0.25, 0.3) is 0 Å². The van der Waals surface area contributed by atoms with Crippen LogP contribution in [0.3, 0.4) is 0 Å². The van der Waals surface area contributed by atoms with E-state index >= 15 is 0 Å². The molecule has 0 unspecified atom stereocenters. The fourth-order valence-corrected chi connectivity index (χ4v) is 2.79. The first kappa shape index (κ1) is 12.3. The predicted octanol–water partition coefficient (Wildman–Crippen LogP) is -0.943. The molecule has 3 N–H and O–H groups in total. The summed E-state index contributed by atoms with van der Waals surface area (Å²) in [4.78, 5) is 2.14. The van der Waals surface area contributed by atoms with Crippen molar-refractivity contribution in [3.8, 4) is 0 Å². The fourth-order valence-electron chi connectivity index (χ4n) is 1.72. The number of hydrogen-bond donors (Lipinski definition) is 3. The molecule has 0 amide bonds. The molecule has 0 spiro atoms. The standard InChI is InChI=1S/C9H17N5O2S/c15-17(16,13-9-7-11-12-8-9)6-5-14-3-1-10-2-4-14/h7-8,10,13H,1-6H2,(H,11,12). The molecule has 17 heavy (non-hydrogen) atoms. The van der Waals surface area contributed by atoms with Crippen LogP contribution in [0.4, 0.5) is 5.69 Å². The Kier molecular flexibility index (Phi) is 3.97. The third-order valence-corrected chi connectivity index (χ3v) is 3.92. The van der Waals surface area contributed by atoms with E-state index in [9.17, 15) is 8.42 Å². The van der Waals surface area contributed by atoms with Crippen LogP contribution in [0.5, 0.6) is 0 Å². The first-order chi connectivity index (χ1) is 8.16. The van der Waals surface area contributed by atoms with Crippen LogP contribution in [-0.4, -0.2) is 62.0 Å². The summed E-state index contributed by atoms with van der Waals surface area (Å²) in [5, 5.41) is 9.48. The van der Waals surface area contributed by atoms with Crippen LogP contribution in [-0.2, 0) is 10.0 Å². The van der Waals surface area contributed by atoms with E-state index in [1.165, 1.54) is 12.4 Å². The molecule has 0 aliphatic carbocycles. The summed E-state index contributed by atoms with van der Waals surface area (Å²) < 4.78 is 26.0. The summed E-state index contributed by atoms with van der Waals surface area (Å²) in [6.45, 7) is 4.22. The van der Waals surface area contributed by atoms with Gasteiger partial charge in [-0.2, -0.15) is 5.10 Å². The van der Waals surface area contributed by atoms with Gasteiger partial charge in [-0.25, -0.2) is 8.42 Å². The zero-order chi connectivity index (χ0) is 12.1. The Hall–Kier alpha value is -1.12. The number of aromatic nitrogens is 2. The molecule has 1 fully saturated rings. The van der Waals surface area contributed by atoms with Gasteiger partial charge in [-0.1, -0.05) is 0 Å². The second-order valence-electron chi connectivity index (χ2n) is 4.00. The summed E-state index contributed by atoms with van der Waals surface area (Å²) in [6, 6.07) is 0. The number of nitrogens with zero attached hydrogens (tertiary/aromatic N) is 2. The van der Waals surface area contributed by atoms with Crippen LogP contribution >= 0.6 is 0 Å². The molecule has 0 atom stereocenters. The highest BCUT2D eigenvalue weighted by Gasteiger charge is 2.15. The van der Waals surface area contributed by atoms with E-state index in [2.05, 4.69) is 25.1 Å². The third kappa shape index (κ3) is 3.99. The second-order valence-corrected chi connectivity index (χ2v) is 5.84. The van der Waals surface area contributed by atoms with Gasteiger partial charge in [0, 0.05) is 38.9 Å². The first-order valence-electron chi connectivity index (χ1n) is 5.58. The molecule has 2 heterocycles. The van der Waals surface area contributed by atoms with E-state index in [4.69, 9.17) is 0 Å². The van der Waals surface area contributed by atoms with Gasteiger partial charge in [-0.05, 0) is 0 Å². The Morgan fingerprint density at radius 1 is 1.41 bits per heavy atom. The first-order valence-corrected chi connectivity index (χ1v) is 7.23. The maximum absolute atomic E-state index is 11.7. The third-order valence-electron chi connectivity index (χ3n) is 2.66. The Labute approximate surface area is 101 Å². The number of hydrogen-bond acceptors (Lipinski definition) is 5. The van der Waals surface area contributed by atoms with Gasteiger partial charge in [-0.3, -0.25) is 14.7 Å². The topological polar surface area (TPSA) is 90.1 Å². The smallest absolute Gasteiger partial charge is 0.234 e. The lowest BCUT2D eigenvalue weighted by Gasteiger charge is -2.26. The SMILES string of the molecule is O=S(=O)(CCN1CCNCC1)Nc1cn[nH]c1. The van der Waals surface area contributed by atoms with Gasteiger partial charge >= 0.3 is 0 Å². The van der Waals surface area contributed by atoms with Gasteiger partial charge in [0.1, 0.15) is 0 Å². The molecule has 7 nitrogen and oxygen atoms in total. The average Bonchev–Trinajstić information content (AvgIpc) is 2.80. The molecule has 0 saturated carbocycles. The van der Waals surface area contributed by atoms with Gasteiger partial charge in [0.05, 0.1) is 17.6 Å². The molecule has 0 bridgehead atoms. The van der Waals surface area contributed by atoms with Crippen molar-refractivity contribution in [2.75, 3.05) is 43.2 Å². The van der Waals surface area contributed by atoms with Gasteiger partial charge in [0.25, 0.3) is 0 Å². The maximum atomic E-state index is 11.7. The highest BCUT2D eigenvalue weighted by molar-refractivity contribution is 7.92. The van der Waals surface area contributed by atoms with Crippen molar-refractivity contribution in [3.63, 3.8) is 0 Å². The zero-order valence-corrected chi connectivity index (χ0v) is 10.3. The zero-order valence-electron chi connectivity index (χ0n) is 9.52. The van der Waals surface area contributed by atoms with E-state index in [1.807, 2.05) is 0 Å². The van der Waals surface area contributed by atoms with Crippen molar-refractivity contribution in [1.82, 2.24) is 20.4 Å². The lowest BCUT2D eigenvalue weighted by atomic mass is 10.4. The lowest BCUT2D eigenvalue weighted by molar-refractivity contribution is 0.254. The van der Waals surface area contributed by atoms with Crippen LogP contribution in [0.1, 0.15) is 0 Å². The molecule has 1 saturated heterocycles. The van der Waals surface area contributed by atoms with E-state index in [1.54, 1.807) is 0 Å². The molecule has 2 rings (SSSR count). The van der Waals surface area contributed by atoms with Gasteiger partial charge in [0.15, 0.2) is 0 Å². The minimum absolute atomic E-state index is 0.109. The monoisotopic (exact) mass is 259 g/mol. The quantitative estimate of drug-likeness (QED) is 0.635. The Morgan fingerprint density at radius 3 is 2.82 bits per heavy atom. The van der Waals surface area contributed by atoms with Gasteiger partial charge < -0.3 is 5.32 Å². The number of aromatic amines is 1. The lowest BCUT2D eigenvalue weighted by Crippen LogP contribution is -2.45. The van der Waals surface area contributed by atoms with Gasteiger partial charge in [-0.15, -0.1) is 0 Å². The summed E-state index contributed by atoms with van der Waals surface area (Å²) in [5.41, 5.74) is 0.477. The van der Waals surface area contributed by atoms with Crippen molar-refractivity contribution in [2.45, 2.75) is 0 Å². The van der Waals surface area contributed by atoms with Crippen LogP contribution in [0, 0.1) is 0 Å². The molecular weight excluding hydrogens is 242 g/mol. The van der Waals surface area contributed by atoms with Crippen molar-refractivity contribution >= 4 is 15.7 Å². The molecule has 96 valence electrons. The van der Waals surface area contributed by atoms with E-state index in [0.29, 0.717) is 12.2 Å². The summed E-state index contributed by atoms with van der Waals surface area (Å²) in [6.07, 6.45) is 2.96. The molecule has 0 aromatic carbocycles. The number of nitrogens with one attached hydrogen (secondary N) is 3. The fraction of sp³-hybridized carbons (Fsp3) is 0.667. The molecule has 1 aromatic rings. The molecule has 1 aliphatic rings. The van der Waals surface area contributed by atoms with E-state index in [-0.39, 0.29) is 5.75 Å². The number of anilines is 1. The van der Waals surface area contributed by atoms with Crippen LogP contribution < -0.4 is 10.0 Å². The average molecular weight is 259 g/mol. The minimum atomic E-state index is -3.28. The van der Waals surface area contributed by atoms with Crippen molar-refractivity contribution in [3.05, 3.63) is 12.4 Å². The summed E-state index contributed by atoms with van der Waals surface area (Å²) in [7, 11) is -3.28. The maximum Gasteiger partial charge on any atom is 0.234 e. The van der Waals surface area contributed by atoms with Crippen molar-refractivity contribution in [1.29, 1.82) is 0 Å². The number of H-pyrrole nitrogens is 1. The van der Waals surface area contributed by atoms with Gasteiger partial charge in [0.2, 0.25) is 10.0 Å². The van der Waals surface area contributed by atoms with E-state index < -0.39 is 10.0 Å². The summed E-state index contributed by atoms with van der Waals surface area (Å²) >= 11 is 0. The number of piperazine rings is 1. The number of rotatable bonds is 5. The Balaban J connectivity index is 1.80. The summed E-state index contributed by atoms with van der Waals surface area (Å²) in [5.74, 6) is 0.109. The second kappa shape index (κ2) is 5.48. The van der Waals surface area contributed by atoms with Crippen molar-refractivity contribution in [2.24, 2.45) is 0 Å². The van der Waals surface area contributed by atoms with Crippen LogP contribution in [0.2, 0.25) is 0 Å². The van der Waals surface area contributed by atoms with Crippen LogP contribution in [0.15, 0.2) is 12.4 Å². The molecule has 8 heteroatoms. The molecule has 1 aromatic heterocycles. The Bertz CT molecular complexity index is 424. The molecule has 1 aliphatic heterocycles. The molecule has 0 radical (unpaired) electrons. The highest BCUT2D eigenvalue weighted by atomic mass is 32.2. The Morgan fingerprint density at radius 2 is 2.18 bits per heavy atom. The molecular formula is C9H17N5O2S. The normalized spacial score (nSPS) is 18.1.